The third-order valence-electron chi connectivity index (χ3n) is 4.58. The van der Waals surface area contributed by atoms with Crippen molar-refractivity contribution in [3.05, 3.63) is 59.9 Å². The molecule has 2 aromatic rings. The SMILES string of the molecule is O=C(NCc1ccccc1F)Nc1ccc(S(=O)(=O)C2CCCC2)cc1. The van der Waals surface area contributed by atoms with E-state index in [0.717, 1.165) is 12.8 Å². The predicted octanol–water partition coefficient (Wildman–Crippen LogP) is 3.86. The molecule has 0 atom stereocenters. The first-order valence-corrected chi connectivity index (χ1v) is 10.1. The molecule has 0 bridgehead atoms. The molecule has 1 saturated carbocycles. The molecule has 0 aromatic heterocycles. The quantitative estimate of drug-likeness (QED) is 0.832. The van der Waals surface area contributed by atoms with Crippen LogP contribution >= 0.6 is 0 Å². The van der Waals surface area contributed by atoms with Crippen LogP contribution in [0.1, 0.15) is 31.2 Å². The Hall–Kier alpha value is -2.41. The second-order valence-electron chi connectivity index (χ2n) is 6.37. The van der Waals surface area contributed by atoms with E-state index in [9.17, 15) is 17.6 Å². The van der Waals surface area contributed by atoms with E-state index in [1.807, 2.05) is 0 Å². The number of nitrogens with one attached hydrogen (secondary N) is 2. The van der Waals surface area contributed by atoms with E-state index in [-0.39, 0.29) is 22.5 Å². The maximum atomic E-state index is 13.5. The Bertz CT molecular complexity index is 876. The van der Waals surface area contributed by atoms with Crippen LogP contribution in [0.5, 0.6) is 0 Å². The number of sulfone groups is 1. The fourth-order valence-electron chi connectivity index (χ4n) is 3.11. The number of hydrogen-bond donors (Lipinski definition) is 2. The van der Waals surface area contributed by atoms with Crippen molar-refractivity contribution in [3.8, 4) is 0 Å². The standard InChI is InChI=1S/C19H21FN2O3S/c20-18-8-4-1-5-14(18)13-21-19(23)22-15-9-11-17(12-10-15)26(24,25)16-6-2-3-7-16/h1,4-5,8-12,16H,2-3,6-7,13H2,(H2,21,22,23). The lowest BCUT2D eigenvalue weighted by Crippen LogP contribution is -2.28. The van der Waals surface area contributed by atoms with E-state index in [0.29, 0.717) is 24.1 Å². The van der Waals surface area contributed by atoms with Gasteiger partial charge in [0.1, 0.15) is 5.82 Å². The highest BCUT2D eigenvalue weighted by Crippen LogP contribution is 2.30. The number of rotatable bonds is 5. The van der Waals surface area contributed by atoms with Crippen molar-refractivity contribution in [2.75, 3.05) is 5.32 Å². The van der Waals surface area contributed by atoms with Crippen molar-refractivity contribution in [1.29, 1.82) is 0 Å². The lowest BCUT2D eigenvalue weighted by atomic mass is 10.2. The Morgan fingerprint density at radius 3 is 2.35 bits per heavy atom. The summed E-state index contributed by atoms with van der Waals surface area (Å²) in [6, 6.07) is 11.9. The largest absolute Gasteiger partial charge is 0.334 e. The first-order valence-electron chi connectivity index (χ1n) is 8.59. The van der Waals surface area contributed by atoms with Gasteiger partial charge in [-0.05, 0) is 43.2 Å². The van der Waals surface area contributed by atoms with Gasteiger partial charge in [-0.2, -0.15) is 0 Å². The molecule has 2 N–H and O–H groups in total. The van der Waals surface area contributed by atoms with Gasteiger partial charge in [0, 0.05) is 17.8 Å². The van der Waals surface area contributed by atoms with Crippen LogP contribution < -0.4 is 10.6 Å². The van der Waals surface area contributed by atoms with Gasteiger partial charge in [-0.25, -0.2) is 17.6 Å². The topological polar surface area (TPSA) is 75.3 Å². The average molecular weight is 376 g/mol. The highest BCUT2D eigenvalue weighted by atomic mass is 32.2. The predicted molar refractivity (Wildman–Crippen MR) is 98.1 cm³/mol. The van der Waals surface area contributed by atoms with Crippen molar-refractivity contribution >= 4 is 21.6 Å². The molecule has 0 saturated heterocycles. The highest BCUT2D eigenvalue weighted by Gasteiger charge is 2.30. The second kappa shape index (κ2) is 7.86. The monoisotopic (exact) mass is 376 g/mol. The van der Waals surface area contributed by atoms with Crippen molar-refractivity contribution in [2.24, 2.45) is 0 Å². The Balaban J connectivity index is 1.58. The zero-order valence-corrected chi connectivity index (χ0v) is 15.1. The van der Waals surface area contributed by atoms with E-state index in [4.69, 9.17) is 0 Å². The second-order valence-corrected chi connectivity index (χ2v) is 8.60. The maximum absolute atomic E-state index is 13.5. The molecule has 1 aliphatic rings. The van der Waals surface area contributed by atoms with Crippen LogP contribution in [0.2, 0.25) is 0 Å². The number of amides is 2. The smallest absolute Gasteiger partial charge is 0.319 e. The summed E-state index contributed by atoms with van der Waals surface area (Å²) < 4.78 is 38.6. The van der Waals surface area contributed by atoms with Gasteiger partial charge in [0.05, 0.1) is 10.1 Å². The van der Waals surface area contributed by atoms with E-state index in [2.05, 4.69) is 10.6 Å². The van der Waals surface area contributed by atoms with Crippen LogP contribution in [-0.4, -0.2) is 19.7 Å². The number of urea groups is 1. The van der Waals surface area contributed by atoms with Gasteiger partial charge in [-0.15, -0.1) is 0 Å². The summed E-state index contributed by atoms with van der Waals surface area (Å²) in [7, 11) is -3.30. The van der Waals surface area contributed by atoms with E-state index in [1.165, 1.54) is 18.2 Å². The summed E-state index contributed by atoms with van der Waals surface area (Å²) in [5.41, 5.74) is 0.863. The fourth-order valence-corrected chi connectivity index (χ4v) is 4.97. The van der Waals surface area contributed by atoms with Gasteiger partial charge in [-0.1, -0.05) is 31.0 Å². The normalized spacial score (nSPS) is 15.0. The first kappa shape index (κ1) is 18.4. The third-order valence-corrected chi connectivity index (χ3v) is 6.86. The molecule has 3 rings (SSSR count). The Kier molecular flexibility index (Phi) is 5.56. The summed E-state index contributed by atoms with van der Waals surface area (Å²) in [6.07, 6.45) is 3.32. The number of halogens is 1. The van der Waals surface area contributed by atoms with Crippen molar-refractivity contribution in [2.45, 2.75) is 42.4 Å². The van der Waals surface area contributed by atoms with Crippen LogP contribution in [0.3, 0.4) is 0 Å². The molecule has 5 nitrogen and oxygen atoms in total. The van der Waals surface area contributed by atoms with Gasteiger partial charge in [-0.3, -0.25) is 0 Å². The van der Waals surface area contributed by atoms with Crippen LogP contribution in [0.25, 0.3) is 0 Å². The van der Waals surface area contributed by atoms with Gasteiger partial charge in [0.25, 0.3) is 0 Å². The molecule has 2 amide bonds. The molecule has 0 unspecified atom stereocenters. The van der Waals surface area contributed by atoms with Gasteiger partial charge < -0.3 is 10.6 Å². The number of carbonyl (C=O) groups is 1. The molecule has 7 heteroatoms. The minimum absolute atomic E-state index is 0.0622. The summed E-state index contributed by atoms with van der Waals surface area (Å²) in [6.45, 7) is 0.0622. The molecule has 2 aromatic carbocycles. The molecular weight excluding hydrogens is 355 g/mol. The zero-order chi connectivity index (χ0) is 18.6. The van der Waals surface area contributed by atoms with Crippen molar-refractivity contribution in [3.63, 3.8) is 0 Å². The van der Waals surface area contributed by atoms with Crippen molar-refractivity contribution < 1.29 is 17.6 Å². The number of benzene rings is 2. The Labute approximate surface area is 152 Å². The molecule has 138 valence electrons. The van der Waals surface area contributed by atoms with Gasteiger partial charge in [0.2, 0.25) is 0 Å². The van der Waals surface area contributed by atoms with Gasteiger partial charge >= 0.3 is 6.03 Å². The number of carbonyl (C=O) groups excluding carboxylic acids is 1. The molecule has 0 spiro atoms. The molecule has 1 fully saturated rings. The Morgan fingerprint density at radius 2 is 1.69 bits per heavy atom. The summed E-state index contributed by atoms with van der Waals surface area (Å²) in [5, 5.41) is 4.88. The van der Waals surface area contributed by atoms with Gasteiger partial charge in [0.15, 0.2) is 9.84 Å². The lowest BCUT2D eigenvalue weighted by Gasteiger charge is -2.12. The lowest BCUT2D eigenvalue weighted by molar-refractivity contribution is 0.251. The highest BCUT2D eigenvalue weighted by molar-refractivity contribution is 7.92. The molecule has 0 aliphatic heterocycles. The van der Waals surface area contributed by atoms with Crippen LogP contribution in [-0.2, 0) is 16.4 Å². The van der Waals surface area contributed by atoms with E-state index in [1.54, 1.807) is 30.3 Å². The van der Waals surface area contributed by atoms with Crippen LogP contribution in [0.4, 0.5) is 14.9 Å². The first-order chi connectivity index (χ1) is 12.5. The molecular formula is C19H21FN2O3S. The van der Waals surface area contributed by atoms with Crippen LogP contribution in [0.15, 0.2) is 53.4 Å². The molecule has 0 radical (unpaired) electrons. The number of anilines is 1. The molecule has 0 heterocycles. The van der Waals surface area contributed by atoms with E-state index >= 15 is 0 Å². The Morgan fingerprint density at radius 1 is 1.04 bits per heavy atom. The minimum atomic E-state index is -3.30. The summed E-state index contributed by atoms with van der Waals surface area (Å²) in [5.74, 6) is -0.380. The average Bonchev–Trinajstić information content (AvgIpc) is 3.17. The van der Waals surface area contributed by atoms with E-state index < -0.39 is 15.9 Å². The molecule has 26 heavy (non-hydrogen) atoms. The number of hydrogen-bond acceptors (Lipinski definition) is 3. The summed E-state index contributed by atoms with van der Waals surface area (Å²) in [4.78, 5) is 12.2. The minimum Gasteiger partial charge on any atom is -0.334 e. The molecule has 1 aliphatic carbocycles. The zero-order valence-electron chi connectivity index (χ0n) is 14.2. The summed E-state index contributed by atoms with van der Waals surface area (Å²) >= 11 is 0. The fraction of sp³-hybridized carbons (Fsp3) is 0.316. The van der Waals surface area contributed by atoms with Crippen molar-refractivity contribution in [1.82, 2.24) is 5.32 Å². The maximum Gasteiger partial charge on any atom is 0.319 e. The third kappa shape index (κ3) is 4.22. The van der Waals surface area contributed by atoms with Crippen LogP contribution in [0, 0.1) is 5.82 Å².